The van der Waals surface area contributed by atoms with Crippen molar-refractivity contribution >= 4 is 0 Å². The highest BCUT2D eigenvalue weighted by atomic mass is 19.3. The molecule has 0 spiro atoms. The third-order valence-corrected chi connectivity index (χ3v) is 4.31. The number of hydrogen-bond donors (Lipinski definition) is 1. The first kappa shape index (κ1) is 13.2. The highest BCUT2D eigenvalue weighted by Gasteiger charge is 2.39. The van der Waals surface area contributed by atoms with Gasteiger partial charge in [-0.2, -0.15) is 0 Å². The van der Waals surface area contributed by atoms with Crippen molar-refractivity contribution in [2.24, 2.45) is 23.5 Å². The van der Waals surface area contributed by atoms with Gasteiger partial charge in [0.05, 0.1) is 0 Å². The van der Waals surface area contributed by atoms with E-state index in [1.807, 2.05) is 0 Å². The van der Waals surface area contributed by atoms with Gasteiger partial charge < -0.3 is 10.5 Å². The van der Waals surface area contributed by atoms with Crippen molar-refractivity contribution in [2.45, 2.75) is 44.4 Å². The lowest BCUT2D eigenvalue weighted by Gasteiger charge is -2.19. The topological polar surface area (TPSA) is 35.2 Å². The quantitative estimate of drug-likeness (QED) is 0.810. The van der Waals surface area contributed by atoms with Gasteiger partial charge >= 0.3 is 0 Å². The second-order valence-corrected chi connectivity index (χ2v) is 5.69. The van der Waals surface area contributed by atoms with Gasteiger partial charge in [-0.05, 0) is 43.6 Å². The van der Waals surface area contributed by atoms with E-state index < -0.39 is 5.92 Å². The number of alkyl halides is 2. The lowest BCUT2D eigenvalue weighted by molar-refractivity contribution is -0.00399. The molecule has 2 aliphatic carbocycles. The minimum atomic E-state index is -2.44. The maximum atomic E-state index is 13.0. The van der Waals surface area contributed by atoms with Crippen molar-refractivity contribution in [3.05, 3.63) is 0 Å². The second-order valence-electron chi connectivity index (χ2n) is 5.69. The van der Waals surface area contributed by atoms with Gasteiger partial charge in [0.25, 0.3) is 0 Å². The third-order valence-electron chi connectivity index (χ3n) is 4.31. The molecule has 0 aromatic heterocycles. The van der Waals surface area contributed by atoms with E-state index in [2.05, 4.69) is 0 Å². The molecule has 0 heterocycles. The molecule has 0 aliphatic heterocycles. The van der Waals surface area contributed by atoms with E-state index in [9.17, 15) is 8.78 Å². The van der Waals surface area contributed by atoms with Crippen molar-refractivity contribution in [1.82, 2.24) is 0 Å². The second kappa shape index (κ2) is 5.61. The summed E-state index contributed by atoms with van der Waals surface area (Å²) in [5, 5.41) is 0. The van der Waals surface area contributed by atoms with E-state index in [0.29, 0.717) is 31.5 Å². The molecule has 0 saturated heterocycles. The number of ether oxygens (including phenoxy) is 1. The molecule has 0 bridgehead atoms. The summed E-state index contributed by atoms with van der Waals surface area (Å²) in [5.41, 5.74) is 5.70. The van der Waals surface area contributed by atoms with Crippen LogP contribution in [0.3, 0.4) is 0 Å². The van der Waals surface area contributed by atoms with Crippen LogP contribution in [-0.2, 0) is 4.74 Å². The summed E-state index contributed by atoms with van der Waals surface area (Å²) in [6, 6.07) is 0. The van der Waals surface area contributed by atoms with Gasteiger partial charge in [0, 0.05) is 26.1 Å². The van der Waals surface area contributed by atoms with Crippen molar-refractivity contribution in [3.8, 4) is 0 Å². The van der Waals surface area contributed by atoms with Crippen LogP contribution in [0.1, 0.15) is 38.5 Å². The SMILES string of the molecule is NCC1CCCC1COCC1CCC(F)(F)C1. The Morgan fingerprint density at radius 1 is 1.12 bits per heavy atom. The van der Waals surface area contributed by atoms with E-state index in [1.165, 1.54) is 19.3 Å². The molecule has 2 N–H and O–H groups in total. The van der Waals surface area contributed by atoms with Crippen molar-refractivity contribution in [1.29, 1.82) is 0 Å². The Labute approximate surface area is 102 Å². The largest absolute Gasteiger partial charge is 0.381 e. The predicted molar refractivity (Wildman–Crippen MR) is 63.0 cm³/mol. The Kier molecular flexibility index (Phi) is 4.36. The smallest absolute Gasteiger partial charge is 0.248 e. The molecular formula is C13H23F2NO. The minimum Gasteiger partial charge on any atom is -0.381 e. The average molecular weight is 247 g/mol. The molecule has 3 unspecified atom stereocenters. The lowest BCUT2D eigenvalue weighted by Crippen LogP contribution is -2.23. The molecule has 0 amide bonds. The normalized spacial score (nSPS) is 36.5. The summed E-state index contributed by atoms with van der Waals surface area (Å²) in [6.07, 6.45) is 4.28. The molecule has 2 saturated carbocycles. The van der Waals surface area contributed by atoms with Crippen LogP contribution in [0.2, 0.25) is 0 Å². The summed E-state index contributed by atoms with van der Waals surface area (Å²) in [6.45, 7) is 1.95. The van der Waals surface area contributed by atoms with Crippen LogP contribution in [0, 0.1) is 17.8 Å². The van der Waals surface area contributed by atoms with E-state index in [4.69, 9.17) is 10.5 Å². The number of rotatable bonds is 5. The van der Waals surface area contributed by atoms with Crippen LogP contribution in [0.15, 0.2) is 0 Å². The zero-order chi connectivity index (χ0) is 12.3. The molecule has 2 fully saturated rings. The summed E-state index contributed by atoms with van der Waals surface area (Å²) < 4.78 is 31.6. The summed E-state index contributed by atoms with van der Waals surface area (Å²) in [5.74, 6) is -1.24. The molecular weight excluding hydrogens is 224 g/mol. The summed E-state index contributed by atoms with van der Waals surface area (Å²) in [7, 11) is 0. The molecule has 3 atom stereocenters. The zero-order valence-corrected chi connectivity index (χ0v) is 10.3. The van der Waals surface area contributed by atoms with Crippen LogP contribution >= 0.6 is 0 Å². The molecule has 17 heavy (non-hydrogen) atoms. The molecule has 4 heteroatoms. The van der Waals surface area contributed by atoms with Crippen LogP contribution < -0.4 is 5.73 Å². The Hall–Kier alpha value is -0.220. The van der Waals surface area contributed by atoms with Crippen LogP contribution in [0.5, 0.6) is 0 Å². The predicted octanol–water partition coefficient (Wildman–Crippen LogP) is 2.81. The monoisotopic (exact) mass is 247 g/mol. The highest BCUT2D eigenvalue weighted by Crippen LogP contribution is 2.39. The van der Waals surface area contributed by atoms with E-state index in [-0.39, 0.29) is 18.8 Å². The summed E-state index contributed by atoms with van der Waals surface area (Å²) in [4.78, 5) is 0. The van der Waals surface area contributed by atoms with Crippen LogP contribution in [0.4, 0.5) is 8.78 Å². The Balaban J connectivity index is 1.63. The maximum absolute atomic E-state index is 13.0. The standard InChI is InChI=1S/C13H23F2NO/c14-13(15)5-4-10(6-13)8-17-9-12-3-1-2-11(12)7-16/h10-12H,1-9,16H2. The Morgan fingerprint density at radius 3 is 2.53 bits per heavy atom. The van der Waals surface area contributed by atoms with Crippen molar-refractivity contribution < 1.29 is 13.5 Å². The number of hydrogen-bond acceptors (Lipinski definition) is 2. The summed E-state index contributed by atoms with van der Waals surface area (Å²) >= 11 is 0. The van der Waals surface area contributed by atoms with E-state index in [1.54, 1.807) is 0 Å². The maximum Gasteiger partial charge on any atom is 0.248 e. The van der Waals surface area contributed by atoms with Crippen LogP contribution in [0.25, 0.3) is 0 Å². The third kappa shape index (κ3) is 3.62. The van der Waals surface area contributed by atoms with Gasteiger partial charge in [-0.15, -0.1) is 0 Å². The fraction of sp³-hybridized carbons (Fsp3) is 1.00. The molecule has 0 radical (unpaired) electrons. The molecule has 2 aliphatic rings. The molecule has 2 rings (SSSR count). The number of nitrogens with two attached hydrogens (primary N) is 1. The Bertz CT molecular complexity index is 248. The van der Waals surface area contributed by atoms with Crippen LogP contribution in [-0.4, -0.2) is 25.7 Å². The fourth-order valence-electron chi connectivity index (χ4n) is 3.21. The van der Waals surface area contributed by atoms with E-state index >= 15 is 0 Å². The van der Waals surface area contributed by atoms with E-state index in [0.717, 1.165) is 6.54 Å². The van der Waals surface area contributed by atoms with Gasteiger partial charge in [0.15, 0.2) is 0 Å². The van der Waals surface area contributed by atoms with Crippen molar-refractivity contribution in [3.63, 3.8) is 0 Å². The van der Waals surface area contributed by atoms with Gasteiger partial charge in [-0.3, -0.25) is 0 Å². The van der Waals surface area contributed by atoms with Gasteiger partial charge in [0.1, 0.15) is 0 Å². The molecule has 2 nitrogen and oxygen atoms in total. The average Bonchev–Trinajstić information content (AvgIpc) is 2.85. The first-order valence-electron chi connectivity index (χ1n) is 6.76. The molecule has 100 valence electrons. The minimum absolute atomic E-state index is 0.0119. The highest BCUT2D eigenvalue weighted by molar-refractivity contribution is 4.82. The molecule has 0 aromatic carbocycles. The van der Waals surface area contributed by atoms with Gasteiger partial charge in [0.2, 0.25) is 5.92 Å². The fourth-order valence-corrected chi connectivity index (χ4v) is 3.21. The first-order chi connectivity index (χ1) is 8.11. The lowest BCUT2D eigenvalue weighted by atomic mass is 9.97. The Morgan fingerprint density at radius 2 is 1.88 bits per heavy atom. The molecule has 0 aromatic rings. The van der Waals surface area contributed by atoms with Gasteiger partial charge in [-0.1, -0.05) is 6.42 Å². The van der Waals surface area contributed by atoms with Crippen molar-refractivity contribution in [2.75, 3.05) is 19.8 Å². The first-order valence-corrected chi connectivity index (χ1v) is 6.76. The number of halogens is 2. The zero-order valence-electron chi connectivity index (χ0n) is 10.3. The van der Waals surface area contributed by atoms with Gasteiger partial charge in [-0.25, -0.2) is 8.78 Å².